The molecular formula is C25H21FN2O3. The van der Waals surface area contributed by atoms with E-state index in [-0.39, 0.29) is 18.0 Å². The Kier molecular flexibility index (Phi) is 5.71. The lowest BCUT2D eigenvalue weighted by molar-refractivity contribution is 0.304. The predicted molar refractivity (Wildman–Crippen MR) is 118 cm³/mol. The molecule has 0 aliphatic rings. The zero-order chi connectivity index (χ0) is 21.8. The lowest BCUT2D eigenvalue weighted by Crippen LogP contribution is -2.34. The number of benzene rings is 3. The fourth-order valence-corrected chi connectivity index (χ4v) is 3.20. The number of hydrogen-bond acceptors (Lipinski definition) is 3. The van der Waals surface area contributed by atoms with E-state index in [1.807, 2.05) is 30.3 Å². The topological polar surface area (TPSA) is 56.2 Å². The van der Waals surface area contributed by atoms with Gasteiger partial charge in [0.25, 0.3) is 5.56 Å². The lowest BCUT2D eigenvalue weighted by atomic mass is 10.1. The van der Waals surface area contributed by atoms with Gasteiger partial charge in [-0.1, -0.05) is 36.9 Å². The second kappa shape index (κ2) is 8.75. The van der Waals surface area contributed by atoms with Crippen molar-refractivity contribution in [1.82, 2.24) is 9.78 Å². The molecule has 0 atom stereocenters. The van der Waals surface area contributed by atoms with Crippen molar-refractivity contribution in [3.8, 4) is 17.2 Å². The smallest absolute Gasteiger partial charge is 0.279 e. The molecular weight excluding hydrogens is 395 g/mol. The molecule has 1 aromatic heterocycles. The van der Waals surface area contributed by atoms with Crippen molar-refractivity contribution in [1.29, 1.82) is 0 Å². The Morgan fingerprint density at radius 3 is 2.52 bits per heavy atom. The zero-order valence-corrected chi connectivity index (χ0v) is 17.0. The quantitative estimate of drug-likeness (QED) is 0.526. The van der Waals surface area contributed by atoms with E-state index in [9.17, 15) is 9.18 Å². The van der Waals surface area contributed by atoms with Gasteiger partial charge in [-0.2, -0.15) is 0 Å². The predicted octanol–water partition coefficient (Wildman–Crippen LogP) is 3.13. The molecule has 1 heterocycles. The van der Waals surface area contributed by atoms with Crippen LogP contribution in [0.25, 0.3) is 18.3 Å². The average Bonchev–Trinajstić information content (AvgIpc) is 3.08. The van der Waals surface area contributed by atoms with Crippen LogP contribution in [0.2, 0.25) is 0 Å². The standard InChI is InChI=1S/C25H21FN2O3/c1-17-23(25(29)28(27-17)21-6-4-3-5-7-21)15-19-14-22(30-2)12-13-24(19)31-16-18-8-10-20(26)11-9-18/h3-15,27H,1,16H2,2H3/b23-15+. The third-order valence-corrected chi connectivity index (χ3v) is 4.84. The summed E-state index contributed by atoms with van der Waals surface area (Å²) in [5.41, 5.74) is 2.00. The fraction of sp³-hybridized carbons (Fsp3) is 0.0800. The van der Waals surface area contributed by atoms with Crippen molar-refractivity contribution in [2.75, 3.05) is 7.11 Å². The summed E-state index contributed by atoms with van der Waals surface area (Å²) in [6.07, 6.45) is 1.73. The van der Waals surface area contributed by atoms with E-state index in [1.54, 1.807) is 43.5 Å². The Morgan fingerprint density at radius 2 is 1.81 bits per heavy atom. The molecule has 6 heteroatoms. The minimum absolute atomic E-state index is 0.219. The second-order valence-corrected chi connectivity index (χ2v) is 6.94. The first-order valence-corrected chi connectivity index (χ1v) is 9.67. The first-order chi connectivity index (χ1) is 15.0. The highest BCUT2D eigenvalue weighted by atomic mass is 19.1. The Hall–Kier alpha value is -4.06. The summed E-state index contributed by atoms with van der Waals surface area (Å²) in [4.78, 5) is 13.0. The number of aromatic nitrogens is 2. The molecule has 0 unspecified atom stereocenters. The minimum Gasteiger partial charge on any atom is -0.497 e. The van der Waals surface area contributed by atoms with E-state index >= 15 is 0 Å². The third kappa shape index (κ3) is 4.43. The normalized spacial score (nSPS) is 11.5. The van der Waals surface area contributed by atoms with Gasteiger partial charge < -0.3 is 9.47 Å². The molecule has 0 radical (unpaired) electrons. The van der Waals surface area contributed by atoms with Crippen LogP contribution in [0.4, 0.5) is 4.39 Å². The molecule has 4 rings (SSSR count). The molecule has 0 aliphatic heterocycles. The summed E-state index contributed by atoms with van der Waals surface area (Å²) in [6, 6.07) is 20.7. The van der Waals surface area contributed by atoms with Crippen LogP contribution in [-0.4, -0.2) is 16.9 Å². The average molecular weight is 416 g/mol. The summed E-state index contributed by atoms with van der Waals surface area (Å²) in [7, 11) is 1.57. The molecule has 156 valence electrons. The molecule has 3 aromatic carbocycles. The van der Waals surface area contributed by atoms with Gasteiger partial charge in [-0.15, -0.1) is 0 Å². The van der Waals surface area contributed by atoms with Crippen LogP contribution in [0, 0.1) is 5.82 Å². The zero-order valence-electron chi connectivity index (χ0n) is 17.0. The number of nitrogens with zero attached hydrogens (tertiary/aromatic N) is 1. The van der Waals surface area contributed by atoms with Crippen molar-refractivity contribution >= 4 is 12.7 Å². The molecule has 0 spiro atoms. The van der Waals surface area contributed by atoms with Crippen molar-refractivity contribution < 1.29 is 13.9 Å². The number of ether oxygens (including phenoxy) is 2. The molecule has 0 saturated heterocycles. The number of halogens is 1. The van der Waals surface area contributed by atoms with Crippen LogP contribution in [0.5, 0.6) is 11.5 Å². The molecule has 4 aromatic rings. The summed E-state index contributed by atoms with van der Waals surface area (Å²) in [5, 5.41) is 3.92. The first-order valence-electron chi connectivity index (χ1n) is 9.67. The molecule has 1 N–H and O–H groups in total. The highest BCUT2D eigenvalue weighted by molar-refractivity contribution is 5.59. The summed E-state index contributed by atoms with van der Waals surface area (Å²) < 4.78 is 25.9. The second-order valence-electron chi connectivity index (χ2n) is 6.94. The number of hydrogen-bond donors (Lipinski definition) is 1. The number of methoxy groups -OCH3 is 1. The van der Waals surface area contributed by atoms with Gasteiger partial charge >= 0.3 is 0 Å². The molecule has 0 amide bonds. The first kappa shape index (κ1) is 20.2. The fourth-order valence-electron chi connectivity index (χ4n) is 3.20. The molecule has 0 aliphatic carbocycles. The van der Waals surface area contributed by atoms with Gasteiger partial charge in [0.1, 0.15) is 23.9 Å². The summed E-state index contributed by atoms with van der Waals surface area (Å²) in [5.74, 6) is 0.897. The van der Waals surface area contributed by atoms with Gasteiger partial charge in [0.2, 0.25) is 0 Å². The van der Waals surface area contributed by atoms with E-state index in [4.69, 9.17) is 9.47 Å². The molecule has 0 saturated carbocycles. The summed E-state index contributed by atoms with van der Waals surface area (Å²) in [6.45, 7) is 4.24. The van der Waals surface area contributed by atoms with Crippen LogP contribution in [0.3, 0.4) is 0 Å². The highest BCUT2D eigenvalue weighted by Gasteiger charge is 2.08. The van der Waals surface area contributed by atoms with Crippen molar-refractivity contribution in [3.63, 3.8) is 0 Å². The van der Waals surface area contributed by atoms with Gasteiger partial charge in [-0.3, -0.25) is 9.89 Å². The molecule has 31 heavy (non-hydrogen) atoms. The van der Waals surface area contributed by atoms with Crippen molar-refractivity contribution in [3.05, 3.63) is 111 Å². The maximum absolute atomic E-state index is 13.1. The maximum Gasteiger partial charge on any atom is 0.279 e. The Labute approximate surface area is 178 Å². The van der Waals surface area contributed by atoms with Crippen LogP contribution in [0.15, 0.2) is 77.6 Å². The van der Waals surface area contributed by atoms with Crippen LogP contribution in [-0.2, 0) is 6.61 Å². The van der Waals surface area contributed by atoms with E-state index in [0.29, 0.717) is 27.6 Å². The van der Waals surface area contributed by atoms with E-state index in [0.717, 1.165) is 11.3 Å². The van der Waals surface area contributed by atoms with Crippen LogP contribution >= 0.6 is 0 Å². The van der Waals surface area contributed by atoms with E-state index in [2.05, 4.69) is 11.7 Å². The molecule has 5 nitrogen and oxygen atoms in total. The third-order valence-electron chi connectivity index (χ3n) is 4.84. The lowest BCUT2D eigenvalue weighted by Gasteiger charge is -2.11. The number of rotatable bonds is 6. The van der Waals surface area contributed by atoms with Gasteiger partial charge in [0.15, 0.2) is 0 Å². The number of nitrogens with one attached hydrogen (secondary N) is 1. The van der Waals surface area contributed by atoms with Crippen LogP contribution < -0.4 is 25.6 Å². The number of H-pyrrole nitrogens is 1. The van der Waals surface area contributed by atoms with Gasteiger partial charge in [-0.05, 0) is 54.1 Å². The van der Waals surface area contributed by atoms with Crippen LogP contribution in [0.1, 0.15) is 11.1 Å². The van der Waals surface area contributed by atoms with E-state index < -0.39 is 0 Å². The van der Waals surface area contributed by atoms with E-state index in [1.165, 1.54) is 16.8 Å². The number of para-hydroxylation sites is 1. The SMILES string of the molecule is C=c1[nH]n(-c2ccccc2)c(=O)/c1=C/c1cc(OC)ccc1OCc1ccc(F)cc1. The van der Waals surface area contributed by atoms with Gasteiger partial charge in [0, 0.05) is 5.56 Å². The minimum atomic E-state index is -0.299. The van der Waals surface area contributed by atoms with Crippen molar-refractivity contribution in [2.24, 2.45) is 0 Å². The Bertz CT molecular complexity index is 1360. The molecule has 0 bridgehead atoms. The van der Waals surface area contributed by atoms with Crippen molar-refractivity contribution in [2.45, 2.75) is 6.61 Å². The highest BCUT2D eigenvalue weighted by Crippen LogP contribution is 2.25. The number of aromatic amines is 1. The monoisotopic (exact) mass is 416 g/mol. The Balaban J connectivity index is 1.74. The van der Waals surface area contributed by atoms with Gasteiger partial charge in [-0.25, -0.2) is 9.07 Å². The van der Waals surface area contributed by atoms with Gasteiger partial charge in [0.05, 0.1) is 23.4 Å². The molecule has 0 fully saturated rings. The maximum atomic E-state index is 13.1. The Morgan fingerprint density at radius 1 is 1.06 bits per heavy atom. The summed E-state index contributed by atoms with van der Waals surface area (Å²) >= 11 is 0. The largest absolute Gasteiger partial charge is 0.497 e.